The van der Waals surface area contributed by atoms with Crippen LogP contribution in [0.15, 0.2) is 65.7 Å². The number of hydrogen-bond donors (Lipinski definition) is 2. The van der Waals surface area contributed by atoms with Crippen molar-refractivity contribution in [2.45, 2.75) is 70.3 Å². The lowest BCUT2D eigenvalue weighted by Crippen LogP contribution is -2.31. The Morgan fingerprint density at radius 1 is 1.00 bits per heavy atom. The molecule has 1 aliphatic carbocycles. The minimum absolute atomic E-state index is 0.143. The van der Waals surface area contributed by atoms with Crippen LogP contribution in [0.3, 0.4) is 0 Å². The van der Waals surface area contributed by atoms with Crippen LogP contribution >= 0.6 is 11.6 Å². The van der Waals surface area contributed by atoms with E-state index in [2.05, 4.69) is 25.8 Å². The standard InChI is InChI=1S/C34H32ClN7O7/c1-19(48-34(46)49-25-5-3-2-4-6-25)47-33(45)28-15-21-13-23(8-10-27(21)38-28)37-32(44)30-12-9-24-14-20(16-31(43)42(24)30)26-17-22(35)7-11-29(26)41-18-36-39-40-41/h7-8,10-11,13-19,25,30,38H,2-6,9,12H2,1H3,(H,37,44)/t19?,30-/m0/s1. The largest absolute Gasteiger partial charge is 0.511 e. The highest BCUT2D eigenvalue weighted by Gasteiger charge is 2.30. The van der Waals surface area contributed by atoms with Crippen LogP contribution in [0.25, 0.3) is 27.7 Å². The number of ether oxygens (including phenoxy) is 3. The summed E-state index contributed by atoms with van der Waals surface area (Å²) in [6.07, 6.45) is 4.93. The van der Waals surface area contributed by atoms with E-state index in [-0.39, 0.29) is 23.3 Å². The summed E-state index contributed by atoms with van der Waals surface area (Å²) < 4.78 is 18.7. The zero-order valence-electron chi connectivity index (χ0n) is 26.4. The van der Waals surface area contributed by atoms with E-state index in [1.54, 1.807) is 42.5 Å². The van der Waals surface area contributed by atoms with E-state index < -0.39 is 24.5 Å². The van der Waals surface area contributed by atoms with Gasteiger partial charge in [0, 0.05) is 45.9 Å². The van der Waals surface area contributed by atoms with Crippen molar-refractivity contribution in [3.63, 3.8) is 0 Å². The molecule has 7 rings (SSSR count). The summed E-state index contributed by atoms with van der Waals surface area (Å²) in [5.41, 5.74) is 3.62. The number of rotatable bonds is 8. The quantitative estimate of drug-likeness (QED) is 0.151. The maximum Gasteiger partial charge on any atom is 0.511 e. The van der Waals surface area contributed by atoms with Gasteiger partial charge in [0.15, 0.2) is 0 Å². The minimum Gasteiger partial charge on any atom is -0.431 e. The van der Waals surface area contributed by atoms with E-state index in [0.29, 0.717) is 51.3 Å². The first kappa shape index (κ1) is 32.1. The molecule has 2 N–H and O–H groups in total. The van der Waals surface area contributed by atoms with Gasteiger partial charge in [-0.25, -0.2) is 9.59 Å². The monoisotopic (exact) mass is 685 g/mol. The van der Waals surface area contributed by atoms with Crippen LogP contribution in [0, 0.1) is 0 Å². The molecule has 1 saturated carbocycles. The number of aryl methyl sites for hydroxylation is 1. The summed E-state index contributed by atoms with van der Waals surface area (Å²) in [5, 5.41) is 15.4. The van der Waals surface area contributed by atoms with Gasteiger partial charge in [-0.3, -0.25) is 9.59 Å². The van der Waals surface area contributed by atoms with E-state index in [1.807, 2.05) is 6.07 Å². The predicted octanol–water partition coefficient (Wildman–Crippen LogP) is 5.74. The molecule has 5 aromatic rings. The van der Waals surface area contributed by atoms with Gasteiger partial charge in [0.05, 0.1) is 5.69 Å². The van der Waals surface area contributed by atoms with E-state index in [4.69, 9.17) is 25.8 Å². The van der Waals surface area contributed by atoms with Gasteiger partial charge in [-0.2, -0.15) is 4.68 Å². The summed E-state index contributed by atoms with van der Waals surface area (Å²) in [4.78, 5) is 54.8. The number of carbonyl (C=O) groups excluding carboxylic acids is 3. The molecule has 15 heteroatoms. The fraction of sp³-hybridized carbons (Fsp3) is 0.324. The third-order valence-corrected chi connectivity index (χ3v) is 9.00. The van der Waals surface area contributed by atoms with E-state index in [1.165, 1.54) is 28.6 Å². The van der Waals surface area contributed by atoms with Crippen LogP contribution in [0.5, 0.6) is 0 Å². The van der Waals surface area contributed by atoms with E-state index in [0.717, 1.165) is 37.8 Å². The Labute approximate surface area is 284 Å². The molecule has 252 valence electrons. The highest BCUT2D eigenvalue weighted by Crippen LogP contribution is 2.33. The number of carbonyl (C=O) groups is 3. The fourth-order valence-corrected chi connectivity index (χ4v) is 6.65. The van der Waals surface area contributed by atoms with Crippen molar-refractivity contribution in [1.29, 1.82) is 0 Å². The number of aromatic amines is 1. The Kier molecular flexibility index (Phi) is 8.87. The van der Waals surface area contributed by atoms with E-state index in [9.17, 15) is 19.2 Å². The maximum atomic E-state index is 13.5. The van der Waals surface area contributed by atoms with Crippen molar-refractivity contribution in [3.8, 4) is 16.8 Å². The molecule has 1 fully saturated rings. The van der Waals surface area contributed by atoms with Crippen molar-refractivity contribution in [2.24, 2.45) is 0 Å². The Balaban J connectivity index is 1.02. The summed E-state index contributed by atoms with van der Waals surface area (Å²) >= 11 is 6.30. The average molecular weight is 686 g/mol. The molecule has 2 aliphatic rings. The Morgan fingerprint density at radius 3 is 2.63 bits per heavy atom. The van der Waals surface area contributed by atoms with Gasteiger partial charge in [0.1, 0.15) is 24.2 Å². The van der Waals surface area contributed by atoms with Crippen molar-refractivity contribution in [1.82, 2.24) is 29.8 Å². The lowest BCUT2D eigenvalue weighted by atomic mass is 9.98. The van der Waals surface area contributed by atoms with Gasteiger partial charge in [-0.05, 0) is 103 Å². The summed E-state index contributed by atoms with van der Waals surface area (Å²) in [6, 6.07) is 14.6. The molecule has 0 radical (unpaired) electrons. The Morgan fingerprint density at radius 2 is 1.84 bits per heavy atom. The first-order valence-corrected chi connectivity index (χ1v) is 16.4. The third kappa shape index (κ3) is 6.90. The first-order valence-electron chi connectivity index (χ1n) is 16.0. The van der Waals surface area contributed by atoms with Crippen LogP contribution < -0.4 is 10.9 Å². The molecule has 0 spiro atoms. The lowest BCUT2D eigenvalue weighted by Gasteiger charge is -2.22. The van der Waals surface area contributed by atoms with Crippen molar-refractivity contribution in [2.75, 3.05) is 5.32 Å². The fourth-order valence-electron chi connectivity index (χ4n) is 6.48. The summed E-state index contributed by atoms with van der Waals surface area (Å²) in [6.45, 7) is 1.44. The number of nitrogens with zero attached hydrogens (tertiary/aromatic N) is 5. The number of amides is 1. The number of pyridine rings is 1. The first-order chi connectivity index (χ1) is 23.7. The second-order valence-corrected chi connectivity index (χ2v) is 12.5. The van der Waals surface area contributed by atoms with Crippen LogP contribution in [0.1, 0.15) is 67.7 Å². The zero-order valence-corrected chi connectivity index (χ0v) is 27.2. The number of hydrogen-bond acceptors (Lipinski definition) is 10. The molecule has 2 atom stereocenters. The Hall–Kier alpha value is -5.50. The summed E-state index contributed by atoms with van der Waals surface area (Å²) in [7, 11) is 0. The number of tetrazole rings is 1. The molecular formula is C34H32ClN7O7. The molecule has 1 unspecified atom stereocenters. The molecule has 3 aromatic heterocycles. The second kappa shape index (κ2) is 13.5. The van der Waals surface area contributed by atoms with Gasteiger partial charge >= 0.3 is 12.1 Å². The third-order valence-electron chi connectivity index (χ3n) is 8.76. The normalized spacial score (nSPS) is 16.6. The molecule has 2 aromatic carbocycles. The van der Waals surface area contributed by atoms with Crippen molar-refractivity contribution < 1.29 is 28.6 Å². The van der Waals surface area contributed by atoms with Crippen LogP contribution in [-0.4, -0.2) is 60.2 Å². The molecule has 49 heavy (non-hydrogen) atoms. The molecular weight excluding hydrogens is 654 g/mol. The highest BCUT2D eigenvalue weighted by molar-refractivity contribution is 6.31. The Bertz CT molecular complexity index is 2100. The maximum absolute atomic E-state index is 13.5. The van der Waals surface area contributed by atoms with Gasteiger partial charge in [0.2, 0.25) is 12.2 Å². The smallest absolute Gasteiger partial charge is 0.431 e. The number of benzene rings is 2. The van der Waals surface area contributed by atoms with Gasteiger partial charge < -0.3 is 29.1 Å². The number of aromatic nitrogens is 6. The van der Waals surface area contributed by atoms with Gasteiger partial charge in [-0.1, -0.05) is 18.0 Å². The molecule has 0 bridgehead atoms. The van der Waals surface area contributed by atoms with Crippen LogP contribution in [0.4, 0.5) is 10.5 Å². The number of esters is 1. The highest BCUT2D eigenvalue weighted by atomic mass is 35.5. The molecule has 0 saturated heterocycles. The molecule has 1 amide bonds. The number of nitrogens with one attached hydrogen (secondary N) is 2. The molecule has 14 nitrogen and oxygen atoms in total. The average Bonchev–Trinajstić information content (AvgIpc) is 3.85. The number of anilines is 1. The van der Waals surface area contributed by atoms with Crippen LogP contribution in [-0.2, 0) is 25.4 Å². The van der Waals surface area contributed by atoms with Crippen LogP contribution in [0.2, 0.25) is 5.02 Å². The lowest BCUT2D eigenvalue weighted by molar-refractivity contribution is -0.119. The van der Waals surface area contributed by atoms with Crippen molar-refractivity contribution >= 4 is 46.2 Å². The SMILES string of the molecule is CC(OC(=O)OC1CCCCC1)OC(=O)c1cc2cc(NC(=O)[C@@H]3CCc4cc(-c5cc(Cl)ccc5-n5cnnn5)cc(=O)n43)ccc2[nH]1. The number of halogens is 1. The summed E-state index contributed by atoms with van der Waals surface area (Å²) in [5.74, 6) is -1.06. The second-order valence-electron chi connectivity index (χ2n) is 12.1. The van der Waals surface area contributed by atoms with Crippen molar-refractivity contribution in [3.05, 3.63) is 87.7 Å². The van der Waals surface area contributed by atoms with Gasteiger partial charge in [-0.15, -0.1) is 5.10 Å². The van der Waals surface area contributed by atoms with E-state index >= 15 is 0 Å². The topological polar surface area (TPSA) is 172 Å². The van der Waals surface area contributed by atoms with Gasteiger partial charge in [0.25, 0.3) is 5.56 Å². The minimum atomic E-state index is -1.16. The number of fused-ring (bicyclic) bond motifs is 2. The number of H-pyrrole nitrogens is 1. The molecule has 4 heterocycles. The predicted molar refractivity (Wildman–Crippen MR) is 177 cm³/mol. The molecule has 1 aliphatic heterocycles. The zero-order chi connectivity index (χ0) is 34.1.